The maximum absolute atomic E-state index is 13.2. The van der Waals surface area contributed by atoms with E-state index in [0.29, 0.717) is 16.8 Å². The van der Waals surface area contributed by atoms with Crippen molar-refractivity contribution in [3.63, 3.8) is 0 Å². The summed E-state index contributed by atoms with van der Waals surface area (Å²) in [5.74, 6) is 0.463. The number of ether oxygens (including phenoxy) is 1. The van der Waals surface area contributed by atoms with Crippen molar-refractivity contribution in [3.05, 3.63) is 28.0 Å². The first-order chi connectivity index (χ1) is 6.60. The minimum Gasteiger partial charge on any atom is -0.496 e. The van der Waals surface area contributed by atoms with Crippen LogP contribution in [0.25, 0.3) is 0 Å². The second-order valence-corrected chi connectivity index (χ2v) is 4.00. The maximum Gasteiger partial charge on any atom is 0.137 e. The van der Waals surface area contributed by atoms with Gasteiger partial charge in [0.25, 0.3) is 0 Å². The molecule has 2 nitrogen and oxygen atoms in total. The molecule has 0 aliphatic heterocycles. The van der Waals surface area contributed by atoms with Crippen LogP contribution in [-0.4, -0.2) is 13.7 Å². The Hall–Kier alpha value is -0.610. The van der Waals surface area contributed by atoms with Crippen molar-refractivity contribution in [3.8, 4) is 5.75 Å². The largest absolute Gasteiger partial charge is 0.496 e. The molecule has 1 aromatic carbocycles. The lowest BCUT2D eigenvalue weighted by Crippen LogP contribution is -2.10. The summed E-state index contributed by atoms with van der Waals surface area (Å²) in [6, 6.07) is 3.08. The van der Waals surface area contributed by atoms with E-state index in [1.807, 2.05) is 6.92 Å². The van der Waals surface area contributed by atoms with Crippen LogP contribution in [0.3, 0.4) is 0 Å². The molecule has 1 unspecified atom stereocenters. The third-order valence-electron chi connectivity index (χ3n) is 2.16. The fourth-order valence-corrected chi connectivity index (χ4v) is 1.56. The highest BCUT2D eigenvalue weighted by Gasteiger charge is 2.13. The molecule has 1 aromatic rings. The summed E-state index contributed by atoms with van der Waals surface area (Å²) in [5.41, 5.74) is 6.33. The molecule has 0 radical (unpaired) electrons. The van der Waals surface area contributed by atoms with Gasteiger partial charge in [-0.2, -0.15) is 0 Å². The van der Waals surface area contributed by atoms with Gasteiger partial charge in [0.2, 0.25) is 0 Å². The molecule has 0 aliphatic carbocycles. The van der Waals surface area contributed by atoms with Crippen LogP contribution in [0.15, 0.2) is 16.6 Å². The third-order valence-corrected chi connectivity index (χ3v) is 2.76. The molecule has 1 atom stereocenters. The number of rotatable bonds is 3. The zero-order valence-electron chi connectivity index (χ0n) is 8.18. The quantitative estimate of drug-likeness (QED) is 0.908. The predicted octanol–water partition coefficient (Wildman–Crippen LogP) is 2.66. The summed E-state index contributed by atoms with van der Waals surface area (Å²) in [6.07, 6.45) is 0. The molecule has 14 heavy (non-hydrogen) atoms. The molecule has 78 valence electrons. The molecule has 0 saturated carbocycles. The van der Waals surface area contributed by atoms with Crippen molar-refractivity contribution in [2.75, 3.05) is 13.7 Å². The predicted molar refractivity (Wildman–Crippen MR) is 58.1 cm³/mol. The lowest BCUT2D eigenvalue weighted by atomic mass is 10.0. The van der Waals surface area contributed by atoms with Gasteiger partial charge in [-0.15, -0.1) is 0 Å². The van der Waals surface area contributed by atoms with Crippen molar-refractivity contribution >= 4 is 15.9 Å². The van der Waals surface area contributed by atoms with Crippen molar-refractivity contribution in [2.24, 2.45) is 5.73 Å². The zero-order valence-corrected chi connectivity index (χ0v) is 9.77. The first-order valence-corrected chi connectivity index (χ1v) is 5.12. The summed E-state index contributed by atoms with van der Waals surface area (Å²) in [5, 5.41) is 0. The Morgan fingerprint density at radius 1 is 1.57 bits per heavy atom. The van der Waals surface area contributed by atoms with Crippen molar-refractivity contribution in [1.29, 1.82) is 0 Å². The van der Waals surface area contributed by atoms with Crippen LogP contribution in [0.4, 0.5) is 4.39 Å². The molecular weight excluding hydrogens is 249 g/mol. The van der Waals surface area contributed by atoms with E-state index < -0.39 is 0 Å². The molecule has 0 aromatic heterocycles. The van der Waals surface area contributed by atoms with E-state index in [9.17, 15) is 4.39 Å². The number of hydrogen-bond acceptors (Lipinski definition) is 2. The van der Waals surface area contributed by atoms with E-state index in [2.05, 4.69) is 15.9 Å². The lowest BCUT2D eigenvalue weighted by molar-refractivity contribution is 0.404. The van der Waals surface area contributed by atoms with Gasteiger partial charge in [0, 0.05) is 5.56 Å². The second kappa shape index (κ2) is 4.75. The molecule has 4 heteroatoms. The smallest absolute Gasteiger partial charge is 0.137 e. The van der Waals surface area contributed by atoms with Crippen molar-refractivity contribution in [1.82, 2.24) is 0 Å². The number of hydrogen-bond donors (Lipinski definition) is 1. The summed E-state index contributed by atoms with van der Waals surface area (Å²) in [7, 11) is 1.56. The minimum atomic E-state index is -0.291. The Kier molecular flexibility index (Phi) is 3.89. The van der Waals surface area contributed by atoms with Crippen LogP contribution < -0.4 is 10.5 Å². The van der Waals surface area contributed by atoms with Crippen molar-refractivity contribution in [2.45, 2.75) is 12.8 Å². The average Bonchev–Trinajstić information content (AvgIpc) is 2.20. The Morgan fingerprint density at radius 3 is 2.71 bits per heavy atom. The van der Waals surface area contributed by atoms with Gasteiger partial charge in [0.05, 0.1) is 11.6 Å². The van der Waals surface area contributed by atoms with E-state index in [0.717, 1.165) is 5.56 Å². The summed E-state index contributed by atoms with van der Waals surface area (Å²) in [4.78, 5) is 0. The average molecular weight is 262 g/mol. The topological polar surface area (TPSA) is 35.2 Å². The first-order valence-electron chi connectivity index (χ1n) is 4.33. The molecular formula is C10H13BrFNO. The molecule has 0 fully saturated rings. The first kappa shape index (κ1) is 11.5. The fraction of sp³-hybridized carbons (Fsp3) is 0.400. The third kappa shape index (κ3) is 2.25. The second-order valence-electron chi connectivity index (χ2n) is 3.15. The standard InChI is InChI=1S/C10H13BrFNO/c1-6(5-13)7-3-9(12)8(11)4-10(7)14-2/h3-4,6H,5,13H2,1-2H3. The zero-order chi connectivity index (χ0) is 10.7. The van der Waals surface area contributed by atoms with E-state index in [1.165, 1.54) is 6.07 Å². The van der Waals surface area contributed by atoms with Gasteiger partial charge in [-0.3, -0.25) is 0 Å². The lowest BCUT2D eigenvalue weighted by Gasteiger charge is -2.14. The SMILES string of the molecule is COc1cc(Br)c(F)cc1C(C)CN. The van der Waals surface area contributed by atoms with Gasteiger partial charge in [-0.25, -0.2) is 4.39 Å². The highest BCUT2D eigenvalue weighted by Crippen LogP contribution is 2.31. The fourth-order valence-electron chi connectivity index (χ4n) is 1.23. The van der Waals surface area contributed by atoms with Crippen LogP contribution in [-0.2, 0) is 0 Å². The normalized spacial score (nSPS) is 12.6. The van der Waals surface area contributed by atoms with Crippen LogP contribution in [0.2, 0.25) is 0 Å². The van der Waals surface area contributed by atoms with Gasteiger partial charge in [-0.1, -0.05) is 6.92 Å². The van der Waals surface area contributed by atoms with Crippen LogP contribution in [0.1, 0.15) is 18.4 Å². The van der Waals surface area contributed by atoms with Crippen LogP contribution in [0, 0.1) is 5.82 Å². The molecule has 0 amide bonds. The molecule has 0 spiro atoms. The number of halogens is 2. The molecule has 2 N–H and O–H groups in total. The molecule has 0 saturated heterocycles. The van der Waals surface area contributed by atoms with E-state index >= 15 is 0 Å². The summed E-state index contributed by atoms with van der Waals surface area (Å²) >= 11 is 3.11. The monoisotopic (exact) mass is 261 g/mol. The highest BCUT2D eigenvalue weighted by atomic mass is 79.9. The Balaban J connectivity index is 3.19. The molecule has 0 bridgehead atoms. The highest BCUT2D eigenvalue weighted by molar-refractivity contribution is 9.10. The van der Waals surface area contributed by atoms with Crippen LogP contribution >= 0.6 is 15.9 Å². The molecule has 0 aliphatic rings. The maximum atomic E-state index is 13.2. The van der Waals surface area contributed by atoms with Gasteiger partial charge >= 0.3 is 0 Å². The van der Waals surface area contributed by atoms with E-state index in [-0.39, 0.29) is 11.7 Å². The van der Waals surface area contributed by atoms with Gasteiger partial charge in [-0.05, 0) is 40.5 Å². The van der Waals surface area contributed by atoms with Crippen LogP contribution in [0.5, 0.6) is 5.75 Å². The molecule has 0 heterocycles. The number of nitrogens with two attached hydrogens (primary N) is 1. The summed E-state index contributed by atoms with van der Waals surface area (Å²) < 4.78 is 18.8. The van der Waals surface area contributed by atoms with Crippen molar-refractivity contribution < 1.29 is 9.13 Å². The minimum absolute atomic E-state index is 0.0903. The van der Waals surface area contributed by atoms with Gasteiger partial charge in [0.15, 0.2) is 0 Å². The van der Waals surface area contributed by atoms with E-state index in [1.54, 1.807) is 13.2 Å². The van der Waals surface area contributed by atoms with E-state index in [4.69, 9.17) is 10.5 Å². The Bertz CT molecular complexity index is 330. The number of benzene rings is 1. The van der Waals surface area contributed by atoms with Gasteiger partial charge < -0.3 is 10.5 Å². The Morgan fingerprint density at radius 2 is 2.21 bits per heavy atom. The Labute approximate surface area is 91.4 Å². The number of methoxy groups -OCH3 is 1. The van der Waals surface area contributed by atoms with Gasteiger partial charge in [0.1, 0.15) is 11.6 Å². The molecule has 1 rings (SSSR count). The summed E-state index contributed by atoms with van der Waals surface area (Å²) in [6.45, 7) is 2.41.